The van der Waals surface area contributed by atoms with Crippen LogP contribution in [0.5, 0.6) is 0 Å². The molecule has 1 saturated carbocycles. The third kappa shape index (κ3) is 1.20. The zero-order chi connectivity index (χ0) is 11.1. The molecule has 0 aromatic carbocycles. The Hall–Kier alpha value is -0.790. The van der Waals surface area contributed by atoms with Crippen LogP contribution < -0.4 is 0 Å². The van der Waals surface area contributed by atoms with Crippen LogP contribution in [0.2, 0.25) is 0 Å². The molecule has 1 N–H and O–H groups in total. The van der Waals surface area contributed by atoms with Gasteiger partial charge in [0, 0.05) is 0 Å². The molecular formula is C12H20O2. The minimum atomic E-state index is -0.646. The fourth-order valence-electron chi connectivity index (χ4n) is 2.81. The van der Waals surface area contributed by atoms with Crippen LogP contribution in [0.1, 0.15) is 41.0 Å². The highest BCUT2D eigenvalue weighted by atomic mass is 16.4. The van der Waals surface area contributed by atoms with Gasteiger partial charge in [-0.1, -0.05) is 32.4 Å². The molecule has 1 aliphatic rings. The maximum absolute atomic E-state index is 11.3. The normalized spacial score (nSPS) is 33.6. The predicted octanol–water partition coefficient (Wildman–Crippen LogP) is 3.09. The van der Waals surface area contributed by atoms with E-state index in [0.29, 0.717) is 6.42 Å². The van der Waals surface area contributed by atoms with Crippen molar-refractivity contribution in [3.05, 3.63) is 11.6 Å². The lowest BCUT2D eigenvalue weighted by Crippen LogP contribution is -2.20. The zero-order valence-corrected chi connectivity index (χ0v) is 9.72. The molecular weight excluding hydrogens is 176 g/mol. The Labute approximate surface area is 86.0 Å². The van der Waals surface area contributed by atoms with Gasteiger partial charge in [-0.05, 0) is 31.6 Å². The molecule has 0 radical (unpaired) electrons. The van der Waals surface area contributed by atoms with E-state index in [2.05, 4.69) is 19.9 Å². The standard InChI is InChI=1S/C12H20O2/c1-6-12(10(13)14)9(7-8(2)3)11(12,4)5/h7,9H,6H2,1-5H3,(H,13,14)/t9-,12+/m0/s1. The third-order valence-electron chi connectivity index (χ3n) is 3.81. The van der Waals surface area contributed by atoms with Gasteiger partial charge < -0.3 is 5.11 Å². The molecule has 2 heteroatoms. The second-order valence-electron chi connectivity index (χ2n) is 5.07. The quantitative estimate of drug-likeness (QED) is 0.704. The van der Waals surface area contributed by atoms with Crippen LogP contribution in [-0.4, -0.2) is 11.1 Å². The first-order valence-corrected chi connectivity index (χ1v) is 5.19. The van der Waals surface area contributed by atoms with Crippen molar-refractivity contribution >= 4 is 5.97 Å². The molecule has 0 spiro atoms. The van der Waals surface area contributed by atoms with E-state index < -0.39 is 11.4 Å². The first-order valence-electron chi connectivity index (χ1n) is 5.19. The molecule has 0 bridgehead atoms. The van der Waals surface area contributed by atoms with Crippen molar-refractivity contribution < 1.29 is 9.90 Å². The van der Waals surface area contributed by atoms with E-state index in [4.69, 9.17) is 0 Å². The van der Waals surface area contributed by atoms with Crippen LogP contribution in [0.25, 0.3) is 0 Å². The van der Waals surface area contributed by atoms with Crippen molar-refractivity contribution in [2.45, 2.75) is 41.0 Å². The van der Waals surface area contributed by atoms with Crippen LogP contribution in [0, 0.1) is 16.7 Å². The summed E-state index contributed by atoms with van der Waals surface area (Å²) in [6.45, 7) is 10.1. The number of carbonyl (C=O) groups is 1. The summed E-state index contributed by atoms with van der Waals surface area (Å²) < 4.78 is 0. The van der Waals surface area contributed by atoms with Crippen molar-refractivity contribution in [3.8, 4) is 0 Å². The highest BCUT2D eigenvalue weighted by molar-refractivity contribution is 5.81. The highest BCUT2D eigenvalue weighted by Gasteiger charge is 2.73. The van der Waals surface area contributed by atoms with Crippen molar-refractivity contribution in [3.63, 3.8) is 0 Å². The lowest BCUT2D eigenvalue weighted by molar-refractivity contribution is -0.145. The van der Waals surface area contributed by atoms with E-state index in [0.717, 1.165) is 0 Å². The molecule has 1 rings (SSSR count). The van der Waals surface area contributed by atoms with Crippen molar-refractivity contribution in [2.75, 3.05) is 0 Å². The highest BCUT2D eigenvalue weighted by Crippen LogP contribution is 2.71. The van der Waals surface area contributed by atoms with Crippen LogP contribution in [0.3, 0.4) is 0 Å². The van der Waals surface area contributed by atoms with Gasteiger partial charge in [0.1, 0.15) is 0 Å². The van der Waals surface area contributed by atoms with Gasteiger partial charge in [-0.15, -0.1) is 0 Å². The van der Waals surface area contributed by atoms with E-state index >= 15 is 0 Å². The summed E-state index contributed by atoms with van der Waals surface area (Å²) in [5, 5.41) is 9.29. The molecule has 2 atom stereocenters. The number of aliphatic carboxylic acids is 1. The number of carboxylic acids is 1. The lowest BCUT2D eigenvalue weighted by Gasteiger charge is -2.11. The van der Waals surface area contributed by atoms with Crippen LogP contribution in [-0.2, 0) is 4.79 Å². The minimum absolute atomic E-state index is 0.0924. The second-order valence-corrected chi connectivity index (χ2v) is 5.07. The summed E-state index contributed by atoms with van der Waals surface area (Å²) in [6, 6.07) is 0. The average Bonchev–Trinajstić information content (AvgIpc) is 2.48. The van der Waals surface area contributed by atoms with Crippen molar-refractivity contribution in [1.29, 1.82) is 0 Å². The minimum Gasteiger partial charge on any atom is -0.481 e. The molecule has 0 aromatic rings. The third-order valence-corrected chi connectivity index (χ3v) is 3.81. The fourth-order valence-corrected chi connectivity index (χ4v) is 2.81. The number of allylic oxidation sites excluding steroid dienone is 2. The summed E-state index contributed by atoms with van der Waals surface area (Å²) in [5.41, 5.74) is 0.592. The predicted molar refractivity (Wildman–Crippen MR) is 57.1 cm³/mol. The Morgan fingerprint density at radius 3 is 2.14 bits per heavy atom. The Morgan fingerprint density at radius 2 is 1.93 bits per heavy atom. The fraction of sp³-hybridized carbons (Fsp3) is 0.750. The van der Waals surface area contributed by atoms with Gasteiger partial charge >= 0.3 is 5.97 Å². The Bertz CT molecular complexity index is 285. The smallest absolute Gasteiger partial charge is 0.310 e. The molecule has 0 unspecified atom stereocenters. The van der Waals surface area contributed by atoms with Crippen molar-refractivity contribution in [1.82, 2.24) is 0 Å². The largest absolute Gasteiger partial charge is 0.481 e. The van der Waals surface area contributed by atoms with Gasteiger partial charge in [0.05, 0.1) is 5.41 Å². The first-order chi connectivity index (χ1) is 6.30. The van der Waals surface area contributed by atoms with Gasteiger partial charge in [-0.3, -0.25) is 4.79 Å². The SMILES string of the molecule is CC[C@]1(C(=O)O)[C@@H](C=C(C)C)C1(C)C. The summed E-state index contributed by atoms with van der Waals surface area (Å²) in [4.78, 5) is 11.3. The molecule has 0 heterocycles. The Balaban J connectivity index is 3.03. The monoisotopic (exact) mass is 196 g/mol. The summed E-state index contributed by atoms with van der Waals surface area (Å²) in [6.07, 6.45) is 2.82. The van der Waals surface area contributed by atoms with Crippen LogP contribution in [0.4, 0.5) is 0 Å². The Morgan fingerprint density at radius 1 is 1.43 bits per heavy atom. The molecule has 0 amide bonds. The van der Waals surface area contributed by atoms with Crippen LogP contribution in [0.15, 0.2) is 11.6 Å². The van der Waals surface area contributed by atoms with E-state index in [1.807, 2.05) is 20.8 Å². The molecule has 1 fully saturated rings. The van der Waals surface area contributed by atoms with E-state index in [9.17, 15) is 9.90 Å². The van der Waals surface area contributed by atoms with Gasteiger partial charge in [0.25, 0.3) is 0 Å². The van der Waals surface area contributed by atoms with E-state index in [1.165, 1.54) is 5.57 Å². The first kappa shape index (κ1) is 11.3. The van der Waals surface area contributed by atoms with Gasteiger partial charge in [-0.2, -0.15) is 0 Å². The van der Waals surface area contributed by atoms with E-state index in [1.54, 1.807) is 0 Å². The summed E-state index contributed by atoms with van der Waals surface area (Å²) >= 11 is 0. The maximum atomic E-state index is 11.3. The number of hydrogen-bond acceptors (Lipinski definition) is 1. The zero-order valence-electron chi connectivity index (χ0n) is 9.72. The molecule has 1 aliphatic carbocycles. The Kier molecular flexibility index (Phi) is 2.51. The van der Waals surface area contributed by atoms with E-state index in [-0.39, 0.29) is 11.3 Å². The molecule has 0 aliphatic heterocycles. The molecule has 14 heavy (non-hydrogen) atoms. The van der Waals surface area contributed by atoms with Crippen LogP contribution >= 0.6 is 0 Å². The van der Waals surface area contributed by atoms with Gasteiger partial charge in [0.2, 0.25) is 0 Å². The summed E-state index contributed by atoms with van der Waals surface area (Å²) in [7, 11) is 0. The summed E-state index contributed by atoms with van der Waals surface area (Å²) in [5.74, 6) is -0.449. The van der Waals surface area contributed by atoms with Crippen molar-refractivity contribution in [2.24, 2.45) is 16.7 Å². The van der Waals surface area contributed by atoms with Gasteiger partial charge in [-0.25, -0.2) is 0 Å². The second kappa shape index (κ2) is 3.11. The lowest BCUT2D eigenvalue weighted by atomic mass is 9.93. The average molecular weight is 196 g/mol. The number of carboxylic acid groups (broad SMARTS) is 1. The van der Waals surface area contributed by atoms with Gasteiger partial charge in [0.15, 0.2) is 0 Å². The molecule has 2 nitrogen and oxygen atoms in total. The topological polar surface area (TPSA) is 37.3 Å². The number of hydrogen-bond donors (Lipinski definition) is 1. The molecule has 0 aromatic heterocycles. The maximum Gasteiger partial charge on any atom is 0.310 e. The molecule has 80 valence electrons. The number of rotatable bonds is 3. The molecule has 0 saturated heterocycles.